The second kappa shape index (κ2) is 3.54. The van der Waals surface area contributed by atoms with Gasteiger partial charge in [0.05, 0.1) is 0 Å². The van der Waals surface area contributed by atoms with E-state index in [4.69, 9.17) is 9.66 Å². The summed E-state index contributed by atoms with van der Waals surface area (Å²) in [6.45, 7) is 3.29. The highest BCUT2D eigenvalue weighted by Crippen LogP contribution is 2.43. The molecular weight excluding hydrogens is 246 g/mol. The number of aromatic nitrogens is 1. The van der Waals surface area contributed by atoms with Gasteiger partial charge in [-0.3, -0.25) is 4.79 Å². The number of amides is 1. The predicted octanol–water partition coefficient (Wildman–Crippen LogP) is 0.0510. The summed E-state index contributed by atoms with van der Waals surface area (Å²) in [7, 11) is -3.88. The van der Waals surface area contributed by atoms with Crippen molar-refractivity contribution in [2.45, 2.75) is 31.4 Å². The van der Waals surface area contributed by atoms with Crippen molar-refractivity contribution in [1.29, 1.82) is 0 Å². The van der Waals surface area contributed by atoms with Crippen LogP contribution in [0.3, 0.4) is 0 Å². The lowest BCUT2D eigenvalue weighted by Crippen LogP contribution is -2.41. The van der Waals surface area contributed by atoms with Crippen molar-refractivity contribution in [3.63, 3.8) is 0 Å². The standard InChI is InChI=1S/C9H13N3O4S/c1-5-7(6(2)16-12-5)11-8(13)9(3-4-9)17(10,14)15/h3-4H2,1-2H3,(H,11,13)(H2,10,14,15). The van der Waals surface area contributed by atoms with E-state index in [1.165, 1.54) is 0 Å². The van der Waals surface area contributed by atoms with Crippen LogP contribution in [0.4, 0.5) is 5.69 Å². The fourth-order valence-electron chi connectivity index (χ4n) is 1.64. The number of aryl methyl sites for hydroxylation is 2. The first kappa shape index (κ1) is 12.1. The summed E-state index contributed by atoms with van der Waals surface area (Å²) < 4.78 is 26.1. The molecule has 0 atom stereocenters. The monoisotopic (exact) mass is 259 g/mol. The van der Waals surface area contributed by atoms with Gasteiger partial charge in [0.2, 0.25) is 15.9 Å². The van der Waals surface area contributed by atoms with Crippen LogP contribution in [-0.2, 0) is 14.8 Å². The van der Waals surface area contributed by atoms with Crippen LogP contribution in [0.1, 0.15) is 24.3 Å². The van der Waals surface area contributed by atoms with Gasteiger partial charge >= 0.3 is 0 Å². The number of nitrogens with one attached hydrogen (secondary N) is 1. The molecule has 0 unspecified atom stereocenters. The lowest BCUT2D eigenvalue weighted by atomic mass is 10.3. The van der Waals surface area contributed by atoms with E-state index in [1.54, 1.807) is 13.8 Å². The molecule has 7 nitrogen and oxygen atoms in total. The lowest BCUT2D eigenvalue weighted by molar-refractivity contribution is -0.116. The molecule has 8 heteroatoms. The number of anilines is 1. The topological polar surface area (TPSA) is 115 Å². The number of sulfonamides is 1. The molecule has 94 valence electrons. The summed E-state index contributed by atoms with van der Waals surface area (Å²) in [4.78, 5) is 11.9. The zero-order valence-corrected chi connectivity index (χ0v) is 10.3. The summed E-state index contributed by atoms with van der Waals surface area (Å²) in [5.41, 5.74) is 0.908. The van der Waals surface area contributed by atoms with Crippen molar-refractivity contribution in [1.82, 2.24) is 5.16 Å². The minimum atomic E-state index is -3.88. The van der Waals surface area contributed by atoms with Crippen molar-refractivity contribution in [2.24, 2.45) is 5.14 Å². The Balaban J connectivity index is 2.25. The van der Waals surface area contributed by atoms with Gasteiger partial charge in [-0.15, -0.1) is 0 Å². The van der Waals surface area contributed by atoms with Crippen molar-refractivity contribution >= 4 is 21.6 Å². The molecule has 0 aliphatic heterocycles. The molecule has 3 N–H and O–H groups in total. The van der Waals surface area contributed by atoms with E-state index in [0.717, 1.165) is 0 Å². The first-order valence-electron chi connectivity index (χ1n) is 5.04. The van der Waals surface area contributed by atoms with E-state index in [9.17, 15) is 13.2 Å². The van der Waals surface area contributed by atoms with Crippen molar-refractivity contribution in [3.8, 4) is 0 Å². The number of primary sulfonamides is 1. The molecule has 1 aliphatic rings. The van der Waals surface area contributed by atoms with Crippen LogP contribution in [0.15, 0.2) is 4.52 Å². The summed E-state index contributed by atoms with van der Waals surface area (Å²) in [6.07, 6.45) is 0.502. The number of nitrogens with two attached hydrogens (primary N) is 1. The predicted molar refractivity (Wildman–Crippen MR) is 59.7 cm³/mol. The Morgan fingerprint density at radius 1 is 1.47 bits per heavy atom. The third-order valence-corrected chi connectivity index (χ3v) is 4.62. The van der Waals surface area contributed by atoms with E-state index >= 15 is 0 Å². The van der Waals surface area contributed by atoms with E-state index in [1.807, 2.05) is 0 Å². The average molecular weight is 259 g/mol. The Labute approximate surface area is 98.4 Å². The zero-order chi connectivity index (χ0) is 12.8. The molecule has 1 aromatic rings. The Kier molecular flexibility index (Phi) is 2.51. The highest BCUT2D eigenvalue weighted by Gasteiger charge is 2.59. The molecule has 2 rings (SSSR count). The van der Waals surface area contributed by atoms with Gasteiger partial charge in [-0.05, 0) is 26.7 Å². The summed E-state index contributed by atoms with van der Waals surface area (Å²) in [5.74, 6) is -0.185. The fourth-order valence-corrected chi connectivity index (χ4v) is 2.62. The number of hydrogen-bond acceptors (Lipinski definition) is 5. The van der Waals surface area contributed by atoms with Gasteiger partial charge in [-0.1, -0.05) is 5.16 Å². The van der Waals surface area contributed by atoms with Crippen LogP contribution in [0.25, 0.3) is 0 Å². The Morgan fingerprint density at radius 2 is 2.06 bits per heavy atom. The lowest BCUT2D eigenvalue weighted by Gasteiger charge is -2.12. The molecule has 17 heavy (non-hydrogen) atoms. The average Bonchev–Trinajstić information content (AvgIpc) is 2.96. The van der Waals surface area contributed by atoms with Crippen LogP contribution in [-0.4, -0.2) is 24.2 Å². The highest BCUT2D eigenvalue weighted by atomic mass is 32.2. The number of hydrogen-bond donors (Lipinski definition) is 2. The Hall–Kier alpha value is -1.41. The summed E-state index contributed by atoms with van der Waals surface area (Å²) in [6, 6.07) is 0. The minimum absolute atomic E-state index is 0.251. The maximum absolute atomic E-state index is 11.9. The molecule has 0 radical (unpaired) electrons. The van der Waals surface area contributed by atoms with Gasteiger partial charge in [-0.2, -0.15) is 0 Å². The van der Waals surface area contributed by atoms with Gasteiger partial charge in [0.15, 0.2) is 10.5 Å². The third-order valence-electron chi connectivity index (χ3n) is 2.93. The third kappa shape index (κ3) is 1.83. The molecule has 1 fully saturated rings. The smallest absolute Gasteiger partial charge is 0.247 e. The summed E-state index contributed by atoms with van der Waals surface area (Å²) in [5, 5.41) is 11.2. The SMILES string of the molecule is Cc1noc(C)c1NC(=O)C1(S(N)(=O)=O)CC1. The second-order valence-electron chi connectivity index (χ2n) is 4.19. The number of carbonyl (C=O) groups excluding carboxylic acids is 1. The maximum Gasteiger partial charge on any atom is 0.247 e. The van der Waals surface area contributed by atoms with Crippen LogP contribution in [0.5, 0.6) is 0 Å². The fraction of sp³-hybridized carbons (Fsp3) is 0.556. The molecule has 1 heterocycles. The van der Waals surface area contributed by atoms with Crippen LogP contribution in [0.2, 0.25) is 0 Å². The van der Waals surface area contributed by atoms with Crippen LogP contribution >= 0.6 is 0 Å². The van der Waals surface area contributed by atoms with E-state index in [-0.39, 0.29) is 12.8 Å². The second-order valence-corrected chi connectivity index (χ2v) is 6.06. The number of nitrogens with zero attached hydrogens (tertiary/aromatic N) is 1. The quantitative estimate of drug-likeness (QED) is 0.795. The van der Waals surface area contributed by atoms with E-state index < -0.39 is 20.7 Å². The van der Waals surface area contributed by atoms with Crippen LogP contribution in [0, 0.1) is 13.8 Å². The Bertz CT molecular complexity index is 552. The Morgan fingerprint density at radius 3 is 2.41 bits per heavy atom. The van der Waals surface area contributed by atoms with E-state index in [0.29, 0.717) is 17.1 Å². The molecule has 0 bridgehead atoms. The molecule has 1 saturated carbocycles. The first-order valence-corrected chi connectivity index (χ1v) is 6.59. The van der Waals surface area contributed by atoms with Gasteiger partial charge in [-0.25, -0.2) is 13.6 Å². The number of rotatable bonds is 3. The largest absolute Gasteiger partial charge is 0.359 e. The maximum atomic E-state index is 11.9. The molecule has 1 aromatic heterocycles. The van der Waals surface area contributed by atoms with Crippen molar-refractivity contribution in [2.75, 3.05) is 5.32 Å². The zero-order valence-electron chi connectivity index (χ0n) is 9.48. The molecule has 0 saturated heterocycles. The van der Waals surface area contributed by atoms with Crippen LogP contribution < -0.4 is 10.5 Å². The molecule has 1 amide bonds. The van der Waals surface area contributed by atoms with Gasteiger partial charge < -0.3 is 9.84 Å². The van der Waals surface area contributed by atoms with E-state index in [2.05, 4.69) is 10.5 Å². The van der Waals surface area contributed by atoms with Gasteiger partial charge in [0.1, 0.15) is 11.4 Å². The van der Waals surface area contributed by atoms with Gasteiger partial charge in [0.25, 0.3) is 0 Å². The molecule has 0 spiro atoms. The minimum Gasteiger partial charge on any atom is -0.359 e. The molecule has 1 aliphatic carbocycles. The highest BCUT2D eigenvalue weighted by molar-refractivity contribution is 7.91. The molecule has 0 aromatic carbocycles. The first-order chi connectivity index (χ1) is 7.78. The van der Waals surface area contributed by atoms with Crippen molar-refractivity contribution < 1.29 is 17.7 Å². The normalized spacial score (nSPS) is 17.8. The number of carbonyl (C=O) groups is 1. The van der Waals surface area contributed by atoms with Gasteiger partial charge in [0, 0.05) is 0 Å². The molecular formula is C9H13N3O4S. The summed E-state index contributed by atoms with van der Waals surface area (Å²) >= 11 is 0. The van der Waals surface area contributed by atoms with Crippen molar-refractivity contribution in [3.05, 3.63) is 11.5 Å².